The number of anilines is 1. The standard InChI is InChI=1S/C15H22N2O2/c1-11-9-12(3-4-13(11)16)14(18)17-10-15(2)5-7-19-8-6-15/h3-4,9H,5-8,10,16H2,1-2H3,(H,17,18). The summed E-state index contributed by atoms with van der Waals surface area (Å²) in [4.78, 5) is 12.1. The zero-order chi connectivity index (χ0) is 13.9. The van der Waals surface area contributed by atoms with Crippen molar-refractivity contribution >= 4 is 11.6 Å². The average molecular weight is 262 g/mol. The van der Waals surface area contributed by atoms with Crippen LogP contribution in [0.2, 0.25) is 0 Å². The summed E-state index contributed by atoms with van der Waals surface area (Å²) in [6.45, 7) is 6.37. The Morgan fingerprint density at radius 2 is 2.11 bits per heavy atom. The topological polar surface area (TPSA) is 64.3 Å². The number of hydrogen-bond acceptors (Lipinski definition) is 3. The fraction of sp³-hybridized carbons (Fsp3) is 0.533. The molecule has 2 rings (SSSR count). The lowest BCUT2D eigenvalue weighted by Gasteiger charge is -2.33. The molecule has 0 saturated carbocycles. The fourth-order valence-corrected chi connectivity index (χ4v) is 2.25. The van der Waals surface area contributed by atoms with Crippen LogP contribution in [0.5, 0.6) is 0 Å². The van der Waals surface area contributed by atoms with Gasteiger partial charge in [0, 0.05) is 31.0 Å². The minimum Gasteiger partial charge on any atom is -0.399 e. The van der Waals surface area contributed by atoms with E-state index in [9.17, 15) is 4.79 Å². The van der Waals surface area contributed by atoms with Crippen molar-refractivity contribution in [1.29, 1.82) is 0 Å². The molecule has 0 radical (unpaired) electrons. The van der Waals surface area contributed by atoms with Crippen molar-refractivity contribution in [3.05, 3.63) is 29.3 Å². The van der Waals surface area contributed by atoms with Crippen LogP contribution in [-0.2, 0) is 4.74 Å². The molecule has 1 saturated heterocycles. The molecule has 4 heteroatoms. The molecule has 1 aliphatic heterocycles. The van der Waals surface area contributed by atoms with E-state index in [1.165, 1.54) is 0 Å². The predicted molar refractivity (Wildman–Crippen MR) is 76.1 cm³/mol. The highest BCUT2D eigenvalue weighted by Gasteiger charge is 2.27. The van der Waals surface area contributed by atoms with Crippen LogP contribution in [0.1, 0.15) is 35.7 Å². The van der Waals surface area contributed by atoms with Gasteiger partial charge in [-0.1, -0.05) is 6.92 Å². The van der Waals surface area contributed by atoms with E-state index in [4.69, 9.17) is 10.5 Å². The van der Waals surface area contributed by atoms with Gasteiger partial charge in [0.25, 0.3) is 5.91 Å². The maximum absolute atomic E-state index is 12.1. The third kappa shape index (κ3) is 3.47. The van der Waals surface area contributed by atoms with E-state index in [0.717, 1.165) is 31.6 Å². The second kappa shape index (κ2) is 5.61. The first-order valence-corrected chi connectivity index (χ1v) is 6.72. The Hall–Kier alpha value is -1.55. The Labute approximate surface area is 114 Å². The summed E-state index contributed by atoms with van der Waals surface area (Å²) in [5, 5.41) is 3.02. The number of nitrogens with two attached hydrogens (primary N) is 1. The summed E-state index contributed by atoms with van der Waals surface area (Å²) in [6.07, 6.45) is 1.99. The molecule has 0 aromatic heterocycles. The smallest absolute Gasteiger partial charge is 0.251 e. The van der Waals surface area contributed by atoms with Crippen LogP contribution in [-0.4, -0.2) is 25.7 Å². The molecule has 4 nitrogen and oxygen atoms in total. The quantitative estimate of drug-likeness (QED) is 0.820. The minimum atomic E-state index is -0.0317. The number of ether oxygens (including phenoxy) is 1. The van der Waals surface area contributed by atoms with E-state index in [-0.39, 0.29) is 11.3 Å². The number of aryl methyl sites for hydroxylation is 1. The second-order valence-electron chi connectivity index (χ2n) is 5.68. The summed E-state index contributed by atoms with van der Waals surface area (Å²) >= 11 is 0. The van der Waals surface area contributed by atoms with Crippen molar-refractivity contribution in [2.45, 2.75) is 26.7 Å². The number of carbonyl (C=O) groups excluding carboxylic acids is 1. The Bertz CT molecular complexity index is 465. The number of nitrogens with one attached hydrogen (secondary N) is 1. The van der Waals surface area contributed by atoms with Crippen molar-refractivity contribution in [2.75, 3.05) is 25.5 Å². The highest BCUT2D eigenvalue weighted by atomic mass is 16.5. The van der Waals surface area contributed by atoms with Gasteiger partial charge < -0.3 is 15.8 Å². The largest absolute Gasteiger partial charge is 0.399 e. The minimum absolute atomic E-state index is 0.0317. The molecular weight excluding hydrogens is 240 g/mol. The number of nitrogen functional groups attached to an aromatic ring is 1. The van der Waals surface area contributed by atoms with Crippen LogP contribution in [0.25, 0.3) is 0 Å². The molecule has 19 heavy (non-hydrogen) atoms. The van der Waals surface area contributed by atoms with Crippen molar-refractivity contribution in [2.24, 2.45) is 5.41 Å². The number of carbonyl (C=O) groups is 1. The van der Waals surface area contributed by atoms with Crippen molar-refractivity contribution in [1.82, 2.24) is 5.32 Å². The summed E-state index contributed by atoms with van der Waals surface area (Å²) in [5.74, 6) is -0.0317. The summed E-state index contributed by atoms with van der Waals surface area (Å²) in [7, 11) is 0. The molecule has 1 aromatic rings. The second-order valence-corrected chi connectivity index (χ2v) is 5.68. The molecule has 0 spiro atoms. The van der Waals surface area contributed by atoms with Crippen molar-refractivity contribution in [3.63, 3.8) is 0 Å². The number of benzene rings is 1. The molecule has 0 bridgehead atoms. The van der Waals surface area contributed by atoms with E-state index < -0.39 is 0 Å². The van der Waals surface area contributed by atoms with Crippen LogP contribution in [0.4, 0.5) is 5.69 Å². The highest BCUT2D eigenvalue weighted by molar-refractivity contribution is 5.94. The lowest BCUT2D eigenvalue weighted by molar-refractivity contribution is 0.0238. The number of amides is 1. The lowest BCUT2D eigenvalue weighted by Crippen LogP contribution is -2.39. The van der Waals surface area contributed by atoms with E-state index in [1.54, 1.807) is 12.1 Å². The molecule has 3 N–H and O–H groups in total. The Morgan fingerprint density at radius 1 is 1.42 bits per heavy atom. The van der Waals surface area contributed by atoms with E-state index in [2.05, 4.69) is 12.2 Å². The van der Waals surface area contributed by atoms with Crippen molar-refractivity contribution in [3.8, 4) is 0 Å². The normalized spacial score (nSPS) is 18.0. The summed E-state index contributed by atoms with van der Waals surface area (Å²) in [6, 6.07) is 5.38. The highest BCUT2D eigenvalue weighted by Crippen LogP contribution is 2.28. The van der Waals surface area contributed by atoms with E-state index in [0.29, 0.717) is 17.8 Å². The summed E-state index contributed by atoms with van der Waals surface area (Å²) < 4.78 is 5.36. The first kappa shape index (κ1) is 13.9. The number of hydrogen-bond donors (Lipinski definition) is 2. The average Bonchev–Trinajstić information content (AvgIpc) is 2.40. The molecule has 1 amide bonds. The van der Waals surface area contributed by atoms with Gasteiger partial charge in [-0.15, -0.1) is 0 Å². The maximum Gasteiger partial charge on any atom is 0.251 e. The third-order valence-electron chi connectivity index (χ3n) is 3.91. The molecule has 1 fully saturated rings. The molecule has 0 atom stereocenters. The van der Waals surface area contributed by atoms with Gasteiger partial charge >= 0.3 is 0 Å². The first-order valence-electron chi connectivity index (χ1n) is 6.72. The molecule has 104 valence electrons. The Morgan fingerprint density at radius 3 is 2.74 bits per heavy atom. The van der Waals surface area contributed by atoms with Crippen LogP contribution in [0, 0.1) is 12.3 Å². The van der Waals surface area contributed by atoms with E-state index in [1.807, 2.05) is 13.0 Å². The molecule has 1 aromatic carbocycles. The summed E-state index contributed by atoms with van der Waals surface area (Å²) in [5.41, 5.74) is 8.22. The van der Waals surface area contributed by atoms with Crippen LogP contribution < -0.4 is 11.1 Å². The monoisotopic (exact) mass is 262 g/mol. The van der Waals surface area contributed by atoms with Gasteiger partial charge in [-0.05, 0) is 48.9 Å². The SMILES string of the molecule is Cc1cc(C(=O)NCC2(C)CCOCC2)ccc1N. The molecule has 1 aliphatic rings. The van der Waals surface area contributed by atoms with Gasteiger partial charge in [0.1, 0.15) is 0 Å². The molecule has 1 heterocycles. The van der Waals surface area contributed by atoms with Crippen LogP contribution in [0.3, 0.4) is 0 Å². The van der Waals surface area contributed by atoms with Crippen molar-refractivity contribution < 1.29 is 9.53 Å². The van der Waals surface area contributed by atoms with Gasteiger partial charge in [-0.2, -0.15) is 0 Å². The zero-order valence-corrected chi connectivity index (χ0v) is 11.7. The van der Waals surface area contributed by atoms with Gasteiger partial charge in [-0.25, -0.2) is 0 Å². The van der Waals surface area contributed by atoms with Gasteiger partial charge in [-0.3, -0.25) is 4.79 Å². The Kier molecular flexibility index (Phi) is 4.10. The Balaban J connectivity index is 1.95. The molecule has 0 aliphatic carbocycles. The van der Waals surface area contributed by atoms with Gasteiger partial charge in [0.2, 0.25) is 0 Å². The fourth-order valence-electron chi connectivity index (χ4n) is 2.25. The maximum atomic E-state index is 12.1. The third-order valence-corrected chi connectivity index (χ3v) is 3.91. The molecule has 0 unspecified atom stereocenters. The first-order chi connectivity index (χ1) is 9.00. The molecular formula is C15H22N2O2. The predicted octanol–water partition coefficient (Wildman–Crippen LogP) is 2.12. The lowest BCUT2D eigenvalue weighted by atomic mass is 9.82. The number of rotatable bonds is 3. The van der Waals surface area contributed by atoms with E-state index >= 15 is 0 Å². The van der Waals surface area contributed by atoms with Gasteiger partial charge in [0.15, 0.2) is 0 Å². The van der Waals surface area contributed by atoms with Gasteiger partial charge in [0.05, 0.1) is 0 Å². The zero-order valence-electron chi connectivity index (χ0n) is 11.7. The van der Waals surface area contributed by atoms with Crippen LogP contribution in [0.15, 0.2) is 18.2 Å². The van der Waals surface area contributed by atoms with Crippen LogP contribution >= 0.6 is 0 Å².